The quantitative estimate of drug-likeness (QED) is 0.442. The fraction of sp³-hybridized carbons (Fsp3) is 1.00. The zero-order valence-electron chi connectivity index (χ0n) is 13.3. The highest BCUT2D eigenvalue weighted by atomic mass is 28.4. The maximum Gasteiger partial charge on any atom is 0.531 e. The molecule has 0 spiro atoms. The van der Waals surface area contributed by atoms with E-state index >= 15 is 0 Å². The molecule has 0 saturated heterocycles. The van der Waals surface area contributed by atoms with Gasteiger partial charge in [-0.25, -0.2) is 0 Å². The fourth-order valence-corrected chi connectivity index (χ4v) is 4.90. The minimum Gasteiger partial charge on any atom is -0.372 e. The van der Waals surface area contributed by atoms with Crippen molar-refractivity contribution in [3.05, 3.63) is 0 Å². The van der Waals surface area contributed by atoms with Gasteiger partial charge in [-0.15, -0.1) is 0 Å². The lowest BCUT2D eigenvalue weighted by Gasteiger charge is -2.35. The Hall–Kier alpha value is 0.0169. The van der Waals surface area contributed by atoms with Gasteiger partial charge in [0.1, 0.15) is 12.0 Å². The smallest absolute Gasteiger partial charge is 0.372 e. The monoisotopic (exact) mass is 293 g/mol. The highest BCUT2D eigenvalue weighted by Crippen LogP contribution is 2.21. The van der Waals surface area contributed by atoms with E-state index in [1.165, 1.54) is 0 Å². The van der Waals surface area contributed by atoms with Crippen LogP contribution < -0.4 is 5.32 Å². The average Bonchev–Trinajstić information content (AvgIpc) is 2.37. The molecule has 19 heavy (non-hydrogen) atoms. The lowest BCUT2D eigenvalue weighted by Crippen LogP contribution is -2.59. The van der Waals surface area contributed by atoms with E-state index in [-0.39, 0.29) is 12.0 Å². The number of ether oxygens (including phenoxy) is 1. The third-order valence-corrected chi connectivity index (χ3v) is 6.07. The SMILES string of the molecule is CCNC(C)OC(CC)[Si](OCC)(OCC)OCC. The largest absolute Gasteiger partial charge is 0.531 e. The average molecular weight is 293 g/mol. The predicted molar refractivity (Wildman–Crippen MR) is 78.9 cm³/mol. The van der Waals surface area contributed by atoms with Gasteiger partial charge in [0.25, 0.3) is 0 Å². The van der Waals surface area contributed by atoms with Crippen molar-refractivity contribution in [1.29, 1.82) is 0 Å². The van der Waals surface area contributed by atoms with E-state index in [0.717, 1.165) is 13.0 Å². The molecule has 6 heteroatoms. The normalized spacial score (nSPS) is 15.5. The summed E-state index contributed by atoms with van der Waals surface area (Å²) in [6.07, 6.45) is 0.769. The van der Waals surface area contributed by atoms with Crippen molar-refractivity contribution < 1.29 is 18.0 Å². The van der Waals surface area contributed by atoms with Crippen LogP contribution in [0.4, 0.5) is 0 Å². The number of nitrogens with one attached hydrogen (secondary N) is 1. The Kier molecular flexibility index (Phi) is 10.8. The molecule has 0 fully saturated rings. The van der Waals surface area contributed by atoms with Crippen LogP contribution in [0, 0.1) is 0 Å². The summed E-state index contributed by atoms with van der Waals surface area (Å²) in [5, 5.41) is 3.24. The Morgan fingerprint density at radius 3 is 1.68 bits per heavy atom. The number of rotatable bonds is 12. The third kappa shape index (κ3) is 6.33. The van der Waals surface area contributed by atoms with Crippen molar-refractivity contribution in [1.82, 2.24) is 5.32 Å². The van der Waals surface area contributed by atoms with Gasteiger partial charge < -0.3 is 18.0 Å². The molecule has 116 valence electrons. The zero-order chi connectivity index (χ0) is 14.7. The summed E-state index contributed by atoms with van der Waals surface area (Å²) in [4.78, 5) is 0. The van der Waals surface area contributed by atoms with E-state index in [0.29, 0.717) is 19.8 Å². The minimum absolute atomic E-state index is 0.0387. The molecular weight excluding hydrogens is 262 g/mol. The van der Waals surface area contributed by atoms with Gasteiger partial charge in [-0.3, -0.25) is 5.32 Å². The molecule has 1 N–H and O–H groups in total. The Bertz CT molecular complexity index is 202. The van der Waals surface area contributed by atoms with E-state index < -0.39 is 8.80 Å². The molecule has 0 radical (unpaired) electrons. The molecule has 0 aliphatic rings. The molecule has 2 unspecified atom stereocenters. The van der Waals surface area contributed by atoms with Gasteiger partial charge in [0, 0.05) is 19.8 Å². The zero-order valence-corrected chi connectivity index (χ0v) is 14.3. The summed E-state index contributed by atoms with van der Waals surface area (Å²) < 4.78 is 23.7. The van der Waals surface area contributed by atoms with E-state index in [4.69, 9.17) is 18.0 Å². The molecular formula is C13H31NO4Si. The summed E-state index contributed by atoms with van der Waals surface area (Å²) in [6, 6.07) is 0. The molecule has 0 aliphatic heterocycles. The minimum atomic E-state index is -2.78. The van der Waals surface area contributed by atoms with Gasteiger partial charge in [-0.1, -0.05) is 13.8 Å². The van der Waals surface area contributed by atoms with Crippen LogP contribution in [0.3, 0.4) is 0 Å². The van der Waals surface area contributed by atoms with Gasteiger partial charge in [-0.2, -0.15) is 0 Å². The second kappa shape index (κ2) is 10.8. The topological polar surface area (TPSA) is 49.0 Å². The highest BCUT2D eigenvalue weighted by Gasteiger charge is 2.50. The fourth-order valence-electron chi connectivity index (χ4n) is 2.02. The summed E-state index contributed by atoms with van der Waals surface area (Å²) in [7, 11) is -2.78. The summed E-state index contributed by atoms with van der Waals surface area (Å²) >= 11 is 0. The van der Waals surface area contributed by atoms with Crippen LogP contribution in [-0.2, 0) is 18.0 Å². The molecule has 5 nitrogen and oxygen atoms in total. The Morgan fingerprint density at radius 1 is 0.895 bits per heavy atom. The third-order valence-electron chi connectivity index (χ3n) is 2.66. The molecule has 0 aromatic carbocycles. The Morgan fingerprint density at radius 2 is 1.37 bits per heavy atom. The molecule has 0 rings (SSSR count). The van der Waals surface area contributed by atoms with Crippen molar-refractivity contribution in [2.45, 2.75) is 59.9 Å². The first-order valence-electron chi connectivity index (χ1n) is 7.40. The van der Waals surface area contributed by atoms with Gasteiger partial charge in [0.05, 0.1) is 0 Å². The van der Waals surface area contributed by atoms with Crippen LogP contribution >= 0.6 is 0 Å². The molecule has 0 amide bonds. The van der Waals surface area contributed by atoms with E-state index in [9.17, 15) is 0 Å². The molecule has 0 saturated carbocycles. The lowest BCUT2D eigenvalue weighted by molar-refractivity contribution is -0.0474. The van der Waals surface area contributed by atoms with Crippen molar-refractivity contribution in [2.75, 3.05) is 26.4 Å². The molecule has 2 atom stereocenters. The second-order valence-electron chi connectivity index (χ2n) is 4.14. The maximum absolute atomic E-state index is 6.04. The van der Waals surface area contributed by atoms with Gasteiger partial charge in [0.2, 0.25) is 0 Å². The first kappa shape index (κ1) is 19.0. The highest BCUT2D eigenvalue weighted by molar-refractivity contribution is 6.62. The first-order chi connectivity index (χ1) is 9.10. The van der Waals surface area contributed by atoms with Gasteiger partial charge >= 0.3 is 8.80 Å². The van der Waals surface area contributed by atoms with Crippen molar-refractivity contribution in [2.24, 2.45) is 0 Å². The summed E-state index contributed by atoms with van der Waals surface area (Å²) in [6.45, 7) is 14.6. The van der Waals surface area contributed by atoms with E-state index in [2.05, 4.69) is 19.2 Å². The summed E-state index contributed by atoms with van der Waals surface area (Å²) in [5.74, 6) is 0. The van der Waals surface area contributed by atoms with E-state index in [1.807, 2.05) is 27.7 Å². The van der Waals surface area contributed by atoms with Gasteiger partial charge in [0.15, 0.2) is 0 Å². The lowest BCUT2D eigenvalue weighted by atomic mass is 10.5. The summed E-state index contributed by atoms with van der Waals surface area (Å²) in [5.41, 5.74) is -0.138. The first-order valence-corrected chi connectivity index (χ1v) is 9.20. The molecule has 0 bridgehead atoms. The van der Waals surface area contributed by atoms with Crippen LogP contribution in [0.25, 0.3) is 0 Å². The Labute approximate surface area is 119 Å². The van der Waals surface area contributed by atoms with Crippen molar-refractivity contribution in [3.8, 4) is 0 Å². The van der Waals surface area contributed by atoms with Crippen molar-refractivity contribution >= 4 is 8.80 Å². The molecule has 0 aromatic heterocycles. The number of hydrogen-bond donors (Lipinski definition) is 1. The standard InChI is InChI=1S/C13H31NO4Si/c1-7-13(18-12(6)14-8-2)19(15-9-3,16-10-4)17-11-5/h12-14H,7-11H2,1-6H3. The van der Waals surface area contributed by atoms with Crippen LogP contribution in [0.2, 0.25) is 0 Å². The second-order valence-corrected chi connectivity index (χ2v) is 6.85. The Balaban J connectivity index is 4.91. The van der Waals surface area contributed by atoms with E-state index in [1.54, 1.807) is 0 Å². The van der Waals surface area contributed by atoms with Crippen molar-refractivity contribution in [3.63, 3.8) is 0 Å². The maximum atomic E-state index is 6.04. The van der Waals surface area contributed by atoms with Gasteiger partial charge in [-0.05, 0) is 40.7 Å². The molecule has 0 aromatic rings. The van der Waals surface area contributed by atoms with Crippen LogP contribution in [0.15, 0.2) is 0 Å². The molecule has 0 aliphatic carbocycles. The van der Waals surface area contributed by atoms with Crippen LogP contribution in [0.1, 0.15) is 48.0 Å². The van der Waals surface area contributed by atoms with Crippen LogP contribution in [0.5, 0.6) is 0 Å². The molecule has 0 heterocycles. The van der Waals surface area contributed by atoms with Crippen LogP contribution in [-0.4, -0.2) is 47.1 Å². The number of hydrogen-bond acceptors (Lipinski definition) is 5. The predicted octanol–water partition coefficient (Wildman–Crippen LogP) is 2.32.